The molecule has 0 bridgehead atoms. The zero-order valence-corrected chi connectivity index (χ0v) is 11.7. The maximum atomic E-state index is 12.3. The summed E-state index contributed by atoms with van der Waals surface area (Å²) in [5.41, 5.74) is 4.97. The van der Waals surface area contributed by atoms with Gasteiger partial charge < -0.3 is 5.32 Å². The summed E-state index contributed by atoms with van der Waals surface area (Å²) in [7, 11) is 0. The molecule has 2 aromatic rings. The second-order valence-electron chi connectivity index (χ2n) is 4.71. The van der Waals surface area contributed by atoms with Gasteiger partial charge in [-0.1, -0.05) is 37.3 Å². The largest absolute Gasteiger partial charge is 0.322 e. The van der Waals surface area contributed by atoms with Gasteiger partial charge in [-0.2, -0.15) is 0 Å². The van der Waals surface area contributed by atoms with E-state index in [2.05, 4.69) is 12.2 Å². The van der Waals surface area contributed by atoms with Gasteiger partial charge in [0.1, 0.15) is 0 Å². The molecule has 2 nitrogen and oxygen atoms in total. The SMILES string of the molecule is CCc1ccccc1NC(=O)c1cccc(C)c1C. The van der Waals surface area contributed by atoms with Crippen LogP contribution in [0.4, 0.5) is 5.69 Å². The van der Waals surface area contributed by atoms with Crippen molar-refractivity contribution in [2.24, 2.45) is 0 Å². The lowest BCUT2D eigenvalue weighted by atomic mass is 10.0. The number of aryl methyl sites for hydroxylation is 2. The highest BCUT2D eigenvalue weighted by Crippen LogP contribution is 2.18. The Balaban J connectivity index is 2.28. The minimum atomic E-state index is -0.0397. The zero-order chi connectivity index (χ0) is 13.8. The van der Waals surface area contributed by atoms with Gasteiger partial charge in [0.15, 0.2) is 0 Å². The second-order valence-corrected chi connectivity index (χ2v) is 4.71. The fourth-order valence-corrected chi connectivity index (χ4v) is 2.14. The molecule has 98 valence electrons. The summed E-state index contributed by atoms with van der Waals surface area (Å²) < 4.78 is 0. The summed E-state index contributed by atoms with van der Waals surface area (Å²) in [5.74, 6) is -0.0397. The van der Waals surface area contributed by atoms with Gasteiger partial charge in [-0.3, -0.25) is 4.79 Å². The van der Waals surface area contributed by atoms with Crippen LogP contribution in [-0.4, -0.2) is 5.91 Å². The fraction of sp³-hybridized carbons (Fsp3) is 0.235. The Kier molecular flexibility index (Phi) is 4.00. The van der Waals surface area contributed by atoms with E-state index < -0.39 is 0 Å². The highest BCUT2D eigenvalue weighted by atomic mass is 16.1. The topological polar surface area (TPSA) is 29.1 Å². The highest BCUT2D eigenvalue weighted by molar-refractivity contribution is 6.05. The first-order chi connectivity index (χ1) is 9.13. The number of amides is 1. The number of benzene rings is 2. The van der Waals surface area contributed by atoms with Crippen LogP contribution in [0.25, 0.3) is 0 Å². The van der Waals surface area contributed by atoms with E-state index in [0.29, 0.717) is 0 Å². The van der Waals surface area contributed by atoms with E-state index in [1.807, 2.05) is 56.3 Å². The van der Waals surface area contributed by atoms with E-state index in [-0.39, 0.29) is 5.91 Å². The van der Waals surface area contributed by atoms with Gasteiger partial charge in [0.25, 0.3) is 5.91 Å². The molecule has 0 saturated heterocycles. The lowest BCUT2D eigenvalue weighted by Gasteiger charge is -2.12. The first kappa shape index (κ1) is 13.3. The summed E-state index contributed by atoms with van der Waals surface area (Å²) in [6.07, 6.45) is 0.906. The van der Waals surface area contributed by atoms with E-state index in [0.717, 1.165) is 34.4 Å². The number of anilines is 1. The molecule has 0 aliphatic rings. The van der Waals surface area contributed by atoms with Crippen LogP contribution in [0.3, 0.4) is 0 Å². The molecule has 1 amide bonds. The van der Waals surface area contributed by atoms with Crippen molar-refractivity contribution < 1.29 is 4.79 Å². The number of hydrogen-bond donors (Lipinski definition) is 1. The smallest absolute Gasteiger partial charge is 0.255 e. The van der Waals surface area contributed by atoms with Gasteiger partial charge in [-0.05, 0) is 49.1 Å². The fourth-order valence-electron chi connectivity index (χ4n) is 2.14. The Hall–Kier alpha value is -2.09. The number of carbonyl (C=O) groups is 1. The molecule has 0 aromatic heterocycles. The molecule has 0 aliphatic carbocycles. The van der Waals surface area contributed by atoms with Crippen LogP contribution in [0.5, 0.6) is 0 Å². The minimum Gasteiger partial charge on any atom is -0.322 e. The van der Waals surface area contributed by atoms with E-state index >= 15 is 0 Å². The Morgan fingerprint density at radius 3 is 2.53 bits per heavy atom. The molecule has 2 rings (SSSR count). The van der Waals surface area contributed by atoms with Gasteiger partial charge in [-0.15, -0.1) is 0 Å². The van der Waals surface area contributed by atoms with Crippen molar-refractivity contribution in [2.45, 2.75) is 27.2 Å². The number of rotatable bonds is 3. The van der Waals surface area contributed by atoms with Crippen molar-refractivity contribution in [2.75, 3.05) is 5.32 Å². The Labute approximate surface area is 114 Å². The Morgan fingerprint density at radius 2 is 1.79 bits per heavy atom. The molecule has 1 N–H and O–H groups in total. The summed E-state index contributed by atoms with van der Waals surface area (Å²) in [6, 6.07) is 13.7. The molecule has 0 heterocycles. The normalized spacial score (nSPS) is 10.3. The number of hydrogen-bond acceptors (Lipinski definition) is 1. The summed E-state index contributed by atoms with van der Waals surface area (Å²) >= 11 is 0. The average Bonchev–Trinajstić information content (AvgIpc) is 2.42. The van der Waals surface area contributed by atoms with Crippen molar-refractivity contribution in [3.8, 4) is 0 Å². The third-order valence-electron chi connectivity index (χ3n) is 3.50. The van der Waals surface area contributed by atoms with Crippen molar-refractivity contribution in [1.29, 1.82) is 0 Å². The maximum Gasteiger partial charge on any atom is 0.255 e. The molecule has 2 heteroatoms. The van der Waals surface area contributed by atoms with Crippen molar-refractivity contribution in [1.82, 2.24) is 0 Å². The Morgan fingerprint density at radius 1 is 1.05 bits per heavy atom. The van der Waals surface area contributed by atoms with E-state index in [1.165, 1.54) is 0 Å². The Bertz CT molecular complexity index is 602. The van der Waals surface area contributed by atoms with E-state index in [9.17, 15) is 4.79 Å². The van der Waals surface area contributed by atoms with Crippen LogP contribution >= 0.6 is 0 Å². The molecule has 0 aliphatic heterocycles. The second kappa shape index (κ2) is 5.70. The number of carbonyl (C=O) groups excluding carboxylic acids is 1. The maximum absolute atomic E-state index is 12.3. The molecule has 19 heavy (non-hydrogen) atoms. The van der Waals surface area contributed by atoms with Gasteiger partial charge in [0, 0.05) is 11.3 Å². The van der Waals surface area contributed by atoms with E-state index in [1.54, 1.807) is 0 Å². The minimum absolute atomic E-state index is 0.0397. The first-order valence-corrected chi connectivity index (χ1v) is 6.59. The van der Waals surface area contributed by atoms with Crippen LogP contribution in [0.2, 0.25) is 0 Å². The third kappa shape index (κ3) is 2.84. The summed E-state index contributed by atoms with van der Waals surface area (Å²) in [4.78, 5) is 12.3. The average molecular weight is 253 g/mol. The lowest BCUT2D eigenvalue weighted by molar-refractivity contribution is 0.102. The molecule has 0 atom stereocenters. The van der Waals surface area contributed by atoms with Gasteiger partial charge in [0.05, 0.1) is 0 Å². The standard InChI is InChI=1S/C17H19NO/c1-4-14-9-5-6-11-16(14)18-17(19)15-10-7-8-12(2)13(15)3/h5-11H,4H2,1-3H3,(H,18,19). The van der Waals surface area contributed by atoms with Gasteiger partial charge in [0.2, 0.25) is 0 Å². The third-order valence-corrected chi connectivity index (χ3v) is 3.50. The quantitative estimate of drug-likeness (QED) is 0.876. The summed E-state index contributed by atoms with van der Waals surface area (Å²) in [6.45, 7) is 6.09. The van der Waals surface area contributed by atoms with Crippen LogP contribution in [0.1, 0.15) is 34.0 Å². The van der Waals surface area contributed by atoms with Crippen molar-refractivity contribution in [3.63, 3.8) is 0 Å². The highest BCUT2D eigenvalue weighted by Gasteiger charge is 2.11. The first-order valence-electron chi connectivity index (χ1n) is 6.59. The van der Waals surface area contributed by atoms with Crippen LogP contribution in [-0.2, 0) is 6.42 Å². The molecule has 0 spiro atoms. The van der Waals surface area contributed by atoms with Crippen LogP contribution in [0, 0.1) is 13.8 Å². The number of nitrogens with one attached hydrogen (secondary N) is 1. The van der Waals surface area contributed by atoms with Crippen molar-refractivity contribution >= 4 is 11.6 Å². The van der Waals surface area contributed by atoms with E-state index in [4.69, 9.17) is 0 Å². The predicted octanol–water partition coefficient (Wildman–Crippen LogP) is 4.12. The predicted molar refractivity (Wildman–Crippen MR) is 79.7 cm³/mol. The molecule has 0 fully saturated rings. The zero-order valence-electron chi connectivity index (χ0n) is 11.7. The van der Waals surface area contributed by atoms with Crippen LogP contribution < -0.4 is 5.32 Å². The van der Waals surface area contributed by atoms with Crippen LogP contribution in [0.15, 0.2) is 42.5 Å². The monoisotopic (exact) mass is 253 g/mol. The molecule has 0 saturated carbocycles. The number of para-hydroxylation sites is 1. The molecule has 0 radical (unpaired) electrons. The van der Waals surface area contributed by atoms with Gasteiger partial charge in [-0.25, -0.2) is 0 Å². The molecular formula is C17H19NO. The molecule has 0 unspecified atom stereocenters. The van der Waals surface area contributed by atoms with Crippen molar-refractivity contribution in [3.05, 3.63) is 64.7 Å². The molecular weight excluding hydrogens is 234 g/mol. The summed E-state index contributed by atoms with van der Waals surface area (Å²) in [5, 5.41) is 3.01. The molecule has 2 aromatic carbocycles. The lowest BCUT2D eigenvalue weighted by Crippen LogP contribution is -2.15. The van der Waals surface area contributed by atoms with Gasteiger partial charge >= 0.3 is 0 Å².